The molecule has 1 fully saturated rings. The molecule has 4 heteroatoms. The third-order valence-electron chi connectivity index (χ3n) is 3.81. The minimum absolute atomic E-state index is 0.227. The molecule has 0 amide bonds. The van der Waals surface area contributed by atoms with E-state index in [0.717, 1.165) is 24.2 Å². The van der Waals surface area contributed by atoms with Gasteiger partial charge in [0.05, 0.1) is 19.1 Å². The van der Waals surface area contributed by atoms with Crippen LogP contribution in [-0.2, 0) is 11.2 Å². The van der Waals surface area contributed by atoms with E-state index in [4.69, 9.17) is 14.6 Å². The predicted molar refractivity (Wildman–Crippen MR) is 76.4 cm³/mol. The minimum Gasteiger partial charge on any atom is -0.493 e. The summed E-state index contributed by atoms with van der Waals surface area (Å²) in [5, 5.41) is 9.07. The van der Waals surface area contributed by atoms with Crippen LogP contribution in [0, 0.1) is 5.92 Å². The number of aliphatic carboxylic acids is 1. The van der Waals surface area contributed by atoms with Gasteiger partial charge in [0.1, 0.15) is 0 Å². The molecule has 0 spiro atoms. The minimum atomic E-state index is -0.792. The fraction of sp³-hybridized carbons (Fsp3) is 0.562. The number of carbonyl (C=O) groups is 1. The van der Waals surface area contributed by atoms with Gasteiger partial charge < -0.3 is 14.6 Å². The number of carboxylic acid groups (broad SMARTS) is 1. The van der Waals surface area contributed by atoms with Crippen LogP contribution in [0.2, 0.25) is 0 Å². The standard InChI is InChI=1S/C16H22O4/c1-11(16(17)18)10-12-6-5-9-14(19-2)15(12)20-13-7-3-4-8-13/h5-6,9,11,13H,3-4,7-8,10H2,1-2H3,(H,17,18). The number of hydrogen-bond acceptors (Lipinski definition) is 3. The van der Waals surface area contributed by atoms with Crippen molar-refractivity contribution in [3.63, 3.8) is 0 Å². The Morgan fingerprint density at radius 3 is 2.70 bits per heavy atom. The average molecular weight is 278 g/mol. The van der Waals surface area contributed by atoms with Gasteiger partial charge >= 0.3 is 5.97 Å². The summed E-state index contributed by atoms with van der Waals surface area (Å²) in [6, 6.07) is 5.66. The quantitative estimate of drug-likeness (QED) is 0.867. The zero-order valence-corrected chi connectivity index (χ0v) is 12.1. The van der Waals surface area contributed by atoms with Gasteiger partial charge in [-0.2, -0.15) is 0 Å². The summed E-state index contributed by atoms with van der Waals surface area (Å²) in [5.74, 6) is 0.176. The Bertz CT molecular complexity index is 464. The average Bonchev–Trinajstić information content (AvgIpc) is 2.93. The highest BCUT2D eigenvalue weighted by atomic mass is 16.5. The Morgan fingerprint density at radius 1 is 1.40 bits per heavy atom. The first kappa shape index (κ1) is 14.7. The van der Waals surface area contributed by atoms with Crippen molar-refractivity contribution in [3.8, 4) is 11.5 Å². The van der Waals surface area contributed by atoms with Crippen LogP contribution in [0.15, 0.2) is 18.2 Å². The molecule has 0 heterocycles. The topological polar surface area (TPSA) is 55.8 Å². The van der Waals surface area contributed by atoms with Crippen LogP contribution in [0.5, 0.6) is 11.5 Å². The molecule has 0 aromatic heterocycles. The van der Waals surface area contributed by atoms with Gasteiger partial charge in [0, 0.05) is 0 Å². The van der Waals surface area contributed by atoms with Crippen molar-refractivity contribution in [1.82, 2.24) is 0 Å². The van der Waals surface area contributed by atoms with Gasteiger partial charge in [0.2, 0.25) is 0 Å². The van der Waals surface area contributed by atoms with Crippen LogP contribution in [0.3, 0.4) is 0 Å². The number of para-hydroxylation sites is 1. The lowest BCUT2D eigenvalue weighted by atomic mass is 10.00. The van der Waals surface area contributed by atoms with Crippen molar-refractivity contribution in [1.29, 1.82) is 0 Å². The maximum Gasteiger partial charge on any atom is 0.306 e. The lowest BCUT2D eigenvalue weighted by molar-refractivity contribution is -0.141. The highest BCUT2D eigenvalue weighted by Gasteiger charge is 2.22. The van der Waals surface area contributed by atoms with Crippen molar-refractivity contribution < 1.29 is 19.4 Å². The molecule has 2 rings (SSSR count). The smallest absolute Gasteiger partial charge is 0.306 e. The van der Waals surface area contributed by atoms with Gasteiger partial charge in [-0.25, -0.2) is 0 Å². The predicted octanol–water partition coefficient (Wildman–Crippen LogP) is 3.28. The van der Waals surface area contributed by atoms with E-state index in [1.165, 1.54) is 12.8 Å². The van der Waals surface area contributed by atoms with Crippen LogP contribution in [0.4, 0.5) is 0 Å². The summed E-state index contributed by atoms with van der Waals surface area (Å²) in [6.45, 7) is 1.71. The highest BCUT2D eigenvalue weighted by Crippen LogP contribution is 2.35. The highest BCUT2D eigenvalue weighted by molar-refractivity contribution is 5.70. The van der Waals surface area contributed by atoms with E-state index in [2.05, 4.69) is 0 Å². The van der Waals surface area contributed by atoms with E-state index in [-0.39, 0.29) is 6.10 Å². The Labute approximate surface area is 119 Å². The van der Waals surface area contributed by atoms with E-state index < -0.39 is 11.9 Å². The van der Waals surface area contributed by atoms with Gasteiger partial charge in [-0.15, -0.1) is 0 Å². The van der Waals surface area contributed by atoms with Gasteiger partial charge in [0.25, 0.3) is 0 Å². The normalized spacial score (nSPS) is 16.9. The zero-order valence-electron chi connectivity index (χ0n) is 12.1. The molecular formula is C16H22O4. The van der Waals surface area contributed by atoms with Gasteiger partial charge in [-0.05, 0) is 43.7 Å². The molecule has 0 aliphatic heterocycles. The number of rotatable bonds is 6. The molecule has 1 atom stereocenters. The Hall–Kier alpha value is -1.71. The maximum absolute atomic E-state index is 11.0. The van der Waals surface area contributed by atoms with Crippen molar-refractivity contribution >= 4 is 5.97 Å². The number of methoxy groups -OCH3 is 1. The molecule has 1 aromatic carbocycles. The molecule has 1 aromatic rings. The molecular weight excluding hydrogens is 256 g/mol. The van der Waals surface area contributed by atoms with Crippen molar-refractivity contribution in [2.45, 2.75) is 45.1 Å². The van der Waals surface area contributed by atoms with Gasteiger partial charge in [0.15, 0.2) is 11.5 Å². The summed E-state index contributed by atoms with van der Waals surface area (Å²) < 4.78 is 11.5. The number of ether oxygens (including phenoxy) is 2. The molecule has 4 nitrogen and oxygen atoms in total. The van der Waals surface area contributed by atoms with Gasteiger partial charge in [-0.1, -0.05) is 19.1 Å². The fourth-order valence-corrected chi connectivity index (χ4v) is 2.61. The van der Waals surface area contributed by atoms with Crippen molar-refractivity contribution in [2.24, 2.45) is 5.92 Å². The molecule has 0 radical (unpaired) electrons. The van der Waals surface area contributed by atoms with Crippen LogP contribution < -0.4 is 9.47 Å². The van der Waals surface area contributed by atoms with Crippen LogP contribution >= 0.6 is 0 Å². The monoisotopic (exact) mass is 278 g/mol. The first-order valence-corrected chi connectivity index (χ1v) is 7.17. The van der Waals surface area contributed by atoms with E-state index in [1.807, 2.05) is 18.2 Å². The summed E-state index contributed by atoms with van der Waals surface area (Å²) >= 11 is 0. The van der Waals surface area contributed by atoms with Crippen molar-refractivity contribution in [3.05, 3.63) is 23.8 Å². The molecule has 0 saturated heterocycles. The number of hydrogen-bond donors (Lipinski definition) is 1. The first-order valence-electron chi connectivity index (χ1n) is 7.17. The first-order chi connectivity index (χ1) is 9.61. The molecule has 1 aliphatic rings. The summed E-state index contributed by atoms with van der Waals surface area (Å²) in [6.07, 6.45) is 5.19. The summed E-state index contributed by atoms with van der Waals surface area (Å²) in [4.78, 5) is 11.0. The zero-order chi connectivity index (χ0) is 14.5. The molecule has 1 aliphatic carbocycles. The molecule has 1 unspecified atom stereocenters. The van der Waals surface area contributed by atoms with E-state index in [9.17, 15) is 4.79 Å². The molecule has 110 valence electrons. The van der Waals surface area contributed by atoms with E-state index in [0.29, 0.717) is 12.2 Å². The second-order valence-corrected chi connectivity index (χ2v) is 5.42. The lowest BCUT2D eigenvalue weighted by Gasteiger charge is -2.20. The molecule has 1 saturated carbocycles. The van der Waals surface area contributed by atoms with Gasteiger partial charge in [-0.3, -0.25) is 4.79 Å². The Morgan fingerprint density at radius 2 is 2.10 bits per heavy atom. The Kier molecular flexibility index (Phi) is 4.88. The van der Waals surface area contributed by atoms with Crippen LogP contribution in [-0.4, -0.2) is 24.3 Å². The van der Waals surface area contributed by atoms with E-state index in [1.54, 1.807) is 14.0 Å². The fourth-order valence-electron chi connectivity index (χ4n) is 2.61. The molecule has 0 bridgehead atoms. The second kappa shape index (κ2) is 6.64. The maximum atomic E-state index is 11.0. The second-order valence-electron chi connectivity index (χ2n) is 5.42. The number of carboxylic acids is 1. The third kappa shape index (κ3) is 3.44. The lowest BCUT2D eigenvalue weighted by Crippen LogP contribution is -2.16. The molecule has 20 heavy (non-hydrogen) atoms. The summed E-state index contributed by atoms with van der Waals surface area (Å²) in [5.41, 5.74) is 0.908. The van der Waals surface area contributed by atoms with Crippen LogP contribution in [0.25, 0.3) is 0 Å². The SMILES string of the molecule is COc1cccc(CC(C)C(=O)O)c1OC1CCCC1. The van der Waals surface area contributed by atoms with Crippen molar-refractivity contribution in [2.75, 3.05) is 7.11 Å². The Balaban J connectivity index is 2.22. The largest absolute Gasteiger partial charge is 0.493 e. The number of benzene rings is 1. The molecule has 1 N–H and O–H groups in total. The third-order valence-corrected chi connectivity index (χ3v) is 3.81. The summed E-state index contributed by atoms with van der Waals surface area (Å²) in [7, 11) is 1.61. The van der Waals surface area contributed by atoms with Crippen LogP contribution in [0.1, 0.15) is 38.2 Å². The van der Waals surface area contributed by atoms with E-state index >= 15 is 0 Å².